The maximum Gasteiger partial charge on any atom is 0.125 e. The number of hydrogen-bond acceptors (Lipinski definition) is 4. The van der Waals surface area contributed by atoms with Gasteiger partial charge in [-0.15, -0.1) is 22.7 Å². The average molecular weight is 597 g/mol. The molecule has 0 saturated carbocycles. The lowest BCUT2D eigenvalue weighted by Gasteiger charge is -2.20. The summed E-state index contributed by atoms with van der Waals surface area (Å²) >= 11 is 3.51. The van der Waals surface area contributed by atoms with E-state index in [1.165, 1.54) is 53.2 Å². The number of nitrogens with zero attached hydrogens (tertiary/aromatic N) is 2. The molecule has 7 aromatic carbocycles. The van der Waals surface area contributed by atoms with Crippen LogP contribution in [0.5, 0.6) is 0 Å². The number of rotatable bonds is 4. The molecule has 0 spiro atoms. The fourth-order valence-electron chi connectivity index (χ4n) is 6.46. The van der Waals surface area contributed by atoms with Crippen molar-refractivity contribution < 1.29 is 0 Å². The summed E-state index contributed by atoms with van der Waals surface area (Å²) in [6, 6.07) is 52.0. The predicted octanol–water partition coefficient (Wildman–Crippen LogP) is 11.9. The molecular weight excluding hydrogens is 573 g/mol. The third-order valence-electron chi connectivity index (χ3n) is 8.37. The van der Waals surface area contributed by atoms with Gasteiger partial charge in [-0.25, -0.2) is 9.97 Å². The van der Waals surface area contributed by atoms with Crippen molar-refractivity contribution in [3.63, 3.8) is 0 Å². The van der Waals surface area contributed by atoms with E-state index < -0.39 is 0 Å². The molecular formula is C40H24N2S2. The van der Waals surface area contributed by atoms with Gasteiger partial charge in [0, 0.05) is 11.1 Å². The number of hydrogen-bond donors (Lipinski definition) is 0. The largest absolute Gasteiger partial charge is 0.236 e. The van der Waals surface area contributed by atoms with Gasteiger partial charge in [-0.05, 0) is 68.1 Å². The molecule has 0 radical (unpaired) electrons. The Hall–Kier alpha value is -5.16. The average Bonchev–Trinajstić information content (AvgIpc) is 3.72. The molecule has 0 atom stereocenters. The van der Waals surface area contributed by atoms with Crippen LogP contribution in [0, 0.1) is 0 Å². The van der Waals surface area contributed by atoms with E-state index in [4.69, 9.17) is 9.97 Å². The Kier molecular flexibility index (Phi) is 5.90. The highest BCUT2D eigenvalue weighted by Gasteiger charge is 2.22. The van der Waals surface area contributed by atoms with E-state index in [1.54, 1.807) is 22.7 Å². The van der Waals surface area contributed by atoms with Crippen LogP contribution in [0.15, 0.2) is 146 Å². The lowest BCUT2D eigenvalue weighted by atomic mass is 9.84. The van der Waals surface area contributed by atoms with Gasteiger partial charge in [0.1, 0.15) is 10.0 Å². The Labute approximate surface area is 262 Å². The minimum atomic E-state index is 1.04. The first kappa shape index (κ1) is 25.3. The molecule has 0 N–H and O–H groups in total. The third-order valence-corrected chi connectivity index (χ3v) is 10.5. The summed E-state index contributed by atoms with van der Waals surface area (Å²) in [4.78, 5) is 10.1. The molecule has 0 bridgehead atoms. The Bertz CT molecular complexity index is 2220. The molecule has 0 amide bonds. The van der Waals surface area contributed by atoms with Crippen molar-refractivity contribution in [2.45, 2.75) is 0 Å². The molecule has 0 saturated heterocycles. The second kappa shape index (κ2) is 10.2. The van der Waals surface area contributed by atoms with Gasteiger partial charge in [-0.2, -0.15) is 0 Å². The Morgan fingerprint density at radius 3 is 1.02 bits per heavy atom. The lowest BCUT2D eigenvalue weighted by molar-refractivity contribution is 1.47. The van der Waals surface area contributed by atoms with Crippen LogP contribution in [0.4, 0.5) is 0 Å². The highest BCUT2D eigenvalue weighted by molar-refractivity contribution is 7.22. The summed E-state index contributed by atoms with van der Waals surface area (Å²) in [5.74, 6) is 0. The number of aromatic nitrogens is 2. The molecule has 4 heteroatoms. The zero-order valence-electron chi connectivity index (χ0n) is 23.6. The van der Waals surface area contributed by atoms with Crippen molar-refractivity contribution in [3.8, 4) is 43.4 Å². The van der Waals surface area contributed by atoms with E-state index in [-0.39, 0.29) is 0 Å². The van der Waals surface area contributed by atoms with E-state index in [9.17, 15) is 0 Å². The summed E-state index contributed by atoms with van der Waals surface area (Å²) in [7, 11) is 0. The van der Waals surface area contributed by atoms with Crippen LogP contribution >= 0.6 is 22.7 Å². The minimum Gasteiger partial charge on any atom is -0.236 e. The quantitative estimate of drug-likeness (QED) is 0.189. The third kappa shape index (κ3) is 3.99. The zero-order valence-corrected chi connectivity index (χ0v) is 25.2. The summed E-state index contributed by atoms with van der Waals surface area (Å²) in [5, 5.41) is 7.01. The van der Waals surface area contributed by atoms with Crippen molar-refractivity contribution in [2.75, 3.05) is 0 Å². The molecule has 0 aliphatic heterocycles. The van der Waals surface area contributed by atoms with Crippen molar-refractivity contribution in [2.24, 2.45) is 0 Å². The monoisotopic (exact) mass is 596 g/mol. The van der Waals surface area contributed by atoms with E-state index >= 15 is 0 Å². The number of para-hydroxylation sites is 2. The summed E-state index contributed by atoms with van der Waals surface area (Å²) in [5.41, 5.74) is 9.28. The molecule has 2 aromatic heterocycles. The zero-order chi connectivity index (χ0) is 29.0. The molecule has 0 fully saturated rings. The summed E-state index contributed by atoms with van der Waals surface area (Å²) < 4.78 is 2.41. The topological polar surface area (TPSA) is 25.8 Å². The molecule has 0 unspecified atom stereocenters. The molecule has 206 valence electrons. The van der Waals surface area contributed by atoms with Crippen molar-refractivity contribution >= 4 is 64.7 Å². The second-order valence-corrected chi connectivity index (χ2v) is 13.0. The van der Waals surface area contributed by atoms with E-state index in [2.05, 4.69) is 146 Å². The highest BCUT2D eigenvalue weighted by atomic mass is 32.1. The van der Waals surface area contributed by atoms with Crippen molar-refractivity contribution in [1.29, 1.82) is 0 Å². The van der Waals surface area contributed by atoms with Gasteiger partial charge in [-0.1, -0.05) is 121 Å². The van der Waals surface area contributed by atoms with Gasteiger partial charge in [0.15, 0.2) is 0 Å². The fraction of sp³-hybridized carbons (Fsp3) is 0. The lowest BCUT2D eigenvalue weighted by Crippen LogP contribution is -1.93. The molecule has 0 aliphatic rings. The first-order valence-electron chi connectivity index (χ1n) is 14.7. The maximum atomic E-state index is 5.07. The van der Waals surface area contributed by atoms with Crippen LogP contribution in [0.2, 0.25) is 0 Å². The predicted molar refractivity (Wildman–Crippen MR) is 190 cm³/mol. The fourth-order valence-corrected chi connectivity index (χ4v) is 8.47. The minimum absolute atomic E-state index is 1.04. The second-order valence-electron chi connectivity index (χ2n) is 10.9. The molecule has 9 rings (SSSR count). The first-order valence-corrected chi connectivity index (χ1v) is 16.3. The van der Waals surface area contributed by atoms with Gasteiger partial charge in [-0.3, -0.25) is 0 Å². The number of fused-ring (bicyclic) bond motifs is 4. The Balaban J connectivity index is 1.35. The van der Waals surface area contributed by atoms with E-state index in [0.717, 1.165) is 32.2 Å². The van der Waals surface area contributed by atoms with Gasteiger partial charge in [0.05, 0.1) is 20.4 Å². The standard InChI is InChI=1S/C40H24N2S2/c1-2-14-26-25(13-1)37(29-17-5-7-19-31(29)39-41-33-21-9-11-23-35(33)43-39)27-15-3-4-16-28(27)38(26)30-18-6-8-20-32(30)40-42-34-22-10-12-24-36(34)44-40/h1-24H. The highest BCUT2D eigenvalue weighted by Crippen LogP contribution is 2.48. The van der Waals surface area contributed by atoms with Crippen LogP contribution in [-0.2, 0) is 0 Å². The maximum absolute atomic E-state index is 5.07. The summed E-state index contributed by atoms with van der Waals surface area (Å²) in [6.45, 7) is 0. The van der Waals surface area contributed by atoms with Crippen molar-refractivity contribution in [3.05, 3.63) is 146 Å². The first-order chi connectivity index (χ1) is 21.8. The van der Waals surface area contributed by atoms with Crippen molar-refractivity contribution in [1.82, 2.24) is 9.97 Å². The molecule has 2 nitrogen and oxygen atoms in total. The molecule has 9 aromatic rings. The summed E-state index contributed by atoms with van der Waals surface area (Å²) in [6.07, 6.45) is 0. The normalized spacial score (nSPS) is 11.6. The van der Waals surface area contributed by atoms with Crippen LogP contribution in [0.1, 0.15) is 0 Å². The van der Waals surface area contributed by atoms with Crippen LogP contribution in [-0.4, -0.2) is 9.97 Å². The SMILES string of the molecule is c1ccc(-c2c3ccccc3c(-c3ccccc3-c3nc4ccccc4s3)c3ccccc23)c(-c2nc3ccccc3s2)c1. The van der Waals surface area contributed by atoms with Crippen LogP contribution < -0.4 is 0 Å². The molecule has 44 heavy (non-hydrogen) atoms. The van der Waals surface area contributed by atoms with Crippen LogP contribution in [0.3, 0.4) is 0 Å². The molecule has 0 aliphatic carbocycles. The molecule has 2 heterocycles. The van der Waals surface area contributed by atoms with Crippen LogP contribution in [0.25, 0.3) is 85.4 Å². The number of thiazole rings is 2. The Morgan fingerprint density at radius 1 is 0.318 bits per heavy atom. The Morgan fingerprint density at radius 2 is 0.636 bits per heavy atom. The smallest absolute Gasteiger partial charge is 0.125 e. The van der Waals surface area contributed by atoms with Gasteiger partial charge in [0.2, 0.25) is 0 Å². The van der Waals surface area contributed by atoms with Gasteiger partial charge in [0.25, 0.3) is 0 Å². The van der Waals surface area contributed by atoms with Gasteiger partial charge >= 0.3 is 0 Å². The van der Waals surface area contributed by atoms with E-state index in [0.29, 0.717) is 0 Å². The number of benzene rings is 7. The van der Waals surface area contributed by atoms with Gasteiger partial charge < -0.3 is 0 Å². The van der Waals surface area contributed by atoms with E-state index in [1.807, 2.05) is 0 Å².